The summed E-state index contributed by atoms with van der Waals surface area (Å²) in [7, 11) is 0. The summed E-state index contributed by atoms with van der Waals surface area (Å²) in [6.07, 6.45) is -4.73. The zero-order valence-electron chi connectivity index (χ0n) is 6.56. The maximum Gasteiger partial charge on any atom is 0.417 e. The van der Waals surface area contributed by atoms with Gasteiger partial charge < -0.3 is 0 Å². The van der Waals surface area contributed by atoms with Gasteiger partial charge in [0.05, 0.1) is 5.56 Å². The molecule has 1 aromatic carbocycles. The fourth-order valence-electron chi connectivity index (χ4n) is 0.911. The molecule has 1 nitrogen and oxygen atoms in total. The van der Waals surface area contributed by atoms with Crippen molar-refractivity contribution in [1.29, 1.82) is 5.26 Å². The van der Waals surface area contributed by atoms with E-state index in [0.717, 1.165) is 6.07 Å². The standard InChI is InChI=1S/C8H3F4NS/c9-7-4(3-13)5(8(10,11)12)1-2-6(7)14/h1-2,14H. The first kappa shape index (κ1) is 10.9. The highest BCUT2D eigenvalue weighted by molar-refractivity contribution is 7.80. The predicted octanol–water partition coefficient (Wildman–Crippen LogP) is 3.00. The van der Waals surface area contributed by atoms with Crippen LogP contribution >= 0.6 is 12.6 Å². The Morgan fingerprint density at radius 3 is 2.29 bits per heavy atom. The number of benzene rings is 1. The SMILES string of the molecule is N#Cc1c(C(F)(F)F)ccc(S)c1F. The number of halogens is 4. The van der Waals surface area contributed by atoms with Crippen molar-refractivity contribution in [2.24, 2.45) is 0 Å². The molecule has 0 aliphatic carbocycles. The first-order valence-electron chi connectivity index (χ1n) is 3.36. The third-order valence-electron chi connectivity index (χ3n) is 1.54. The topological polar surface area (TPSA) is 23.8 Å². The quantitative estimate of drug-likeness (QED) is 0.528. The Morgan fingerprint density at radius 2 is 1.86 bits per heavy atom. The zero-order valence-corrected chi connectivity index (χ0v) is 7.46. The van der Waals surface area contributed by atoms with Crippen LogP contribution in [0.3, 0.4) is 0 Å². The van der Waals surface area contributed by atoms with E-state index in [4.69, 9.17) is 5.26 Å². The van der Waals surface area contributed by atoms with E-state index in [-0.39, 0.29) is 4.90 Å². The fraction of sp³-hybridized carbons (Fsp3) is 0.125. The van der Waals surface area contributed by atoms with Crippen LogP contribution in [0.1, 0.15) is 11.1 Å². The van der Waals surface area contributed by atoms with Crippen molar-refractivity contribution in [3.05, 3.63) is 29.1 Å². The van der Waals surface area contributed by atoms with E-state index in [1.807, 2.05) is 0 Å². The molecule has 0 amide bonds. The van der Waals surface area contributed by atoms with Crippen LogP contribution in [-0.2, 0) is 6.18 Å². The molecule has 0 heterocycles. The number of rotatable bonds is 0. The second-order valence-corrected chi connectivity index (χ2v) is 2.91. The number of nitrogens with zero attached hydrogens (tertiary/aromatic N) is 1. The van der Waals surface area contributed by atoms with Crippen LogP contribution in [0.2, 0.25) is 0 Å². The monoisotopic (exact) mass is 221 g/mol. The normalized spacial score (nSPS) is 11.1. The Morgan fingerprint density at radius 1 is 1.29 bits per heavy atom. The van der Waals surface area contributed by atoms with Crippen LogP contribution in [0.5, 0.6) is 0 Å². The third kappa shape index (κ3) is 1.82. The summed E-state index contributed by atoms with van der Waals surface area (Å²) in [4.78, 5) is -0.283. The van der Waals surface area contributed by atoms with Crippen LogP contribution in [-0.4, -0.2) is 0 Å². The van der Waals surface area contributed by atoms with E-state index in [1.54, 1.807) is 0 Å². The smallest absolute Gasteiger partial charge is 0.204 e. The maximum absolute atomic E-state index is 13.0. The molecule has 0 saturated heterocycles. The number of thiol groups is 1. The minimum Gasteiger partial charge on any atom is -0.204 e. The summed E-state index contributed by atoms with van der Waals surface area (Å²) in [6, 6.07) is 2.66. The van der Waals surface area contributed by atoms with E-state index >= 15 is 0 Å². The van der Waals surface area contributed by atoms with Gasteiger partial charge in [-0.1, -0.05) is 0 Å². The van der Waals surface area contributed by atoms with Gasteiger partial charge in [0.25, 0.3) is 0 Å². The molecule has 1 rings (SSSR count). The lowest BCUT2D eigenvalue weighted by Crippen LogP contribution is -2.09. The molecular formula is C8H3F4NS. The second kappa shape index (κ2) is 3.50. The van der Waals surface area contributed by atoms with Gasteiger partial charge in [-0.15, -0.1) is 12.6 Å². The molecule has 6 heteroatoms. The van der Waals surface area contributed by atoms with Crippen LogP contribution in [0.15, 0.2) is 17.0 Å². The number of alkyl halides is 3. The Labute approximate surface area is 82.4 Å². The molecule has 1 aromatic rings. The number of hydrogen-bond donors (Lipinski definition) is 1. The van der Waals surface area contributed by atoms with Crippen molar-refractivity contribution in [2.45, 2.75) is 11.1 Å². The average Bonchev–Trinajstić information content (AvgIpc) is 2.07. The van der Waals surface area contributed by atoms with Crippen LogP contribution in [0.25, 0.3) is 0 Å². The summed E-state index contributed by atoms with van der Waals surface area (Å²) in [5, 5.41) is 8.36. The van der Waals surface area contributed by atoms with Crippen LogP contribution in [0, 0.1) is 17.1 Å². The van der Waals surface area contributed by atoms with Crippen LogP contribution in [0.4, 0.5) is 17.6 Å². The highest BCUT2D eigenvalue weighted by atomic mass is 32.1. The average molecular weight is 221 g/mol. The molecule has 74 valence electrons. The van der Waals surface area contributed by atoms with Crippen molar-refractivity contribution < 1.29 is 17.6 Å². The van der Waals surface area contributed by atoms with E-state index in [9.17, 15) is 17.6 Å². The Balaban J connectivity index is 3.49. The van der Waals surface area contributed by atoms with E-state index < -0.39 is 23.1 Å². The second-order valence-electron chi connectivity index (χ2n) is 2.43. The van der Waals surface area contributed by atoms with Gasteiger partial charge in [0.1, 0.15) is 11.6 Å². The zero-order chi connectivity index (χ0) is 10.9. The first-order chi connectivity index (χ1) is 6.38. The summed E-state index contributed by atoms with van der Waals surface area (Å²) in [6.45, 7) is 0. The van der Waals surface area contributed by atoms with Gasteiger partial charge in [0, 0.05) is 4.90 Å². The molecule has 0 unspecified atom stereocenters. The minimum atomic E-state index is -4.73. The van der Waals surface area contributed by atoms with E-state index in [1.165, 1.54) is 6.07 Å². The van der Waals surface area contributed by atoms with Gasteiger partial charge in [0.2, 0.25) is 0 Å². The molecule has 0 aliphatic rings. The lowest BCUT2D eigenvalue weighted by atomic mass is 10.1. The molecule has 0 fully saturated rings. The summed E-state index contributed by atoms with van der Waals surface area (Å²) in [5.41, 5.74) is -2.31. The van der Waals surface area contributed by atoms with Gasteiger partial charge in [0.15, 0.2) is 5.82 Å². The van der Waals surface area contributed by atoms with Gasteiger partial charge in [-0.25, -0.2) is 4.39 Å². The molecule has 0 atom stereocenters. The molecule has 0 bridgehead atoms. The number of hydrogen-bond acceptors (Lipinski definition) is 2. The largest absolute Gasteiger partial charge is 0.417 e. The van der Waals surface area contributed by atoms with E-state index in [2.05, 4.69) is 12.6 Å². The van der Waals surface area contributed by atoms with Gasteiger partial charge in [-0.3, -0.25) is 0 Å². The Bertz CT molecular complexity index is 405. The summed E-state index contributed by atoms with van der Waals surface area (Å²) >= 11 is 3.57. The van der Waals surface area contributed by atoms with Gasteiger partial charge >= 0.3 is 6.18 Å². The van der Waals surface area contributed by atoms with Crippen molar-refractivity contribution in [2.75, 3.05) is 0 Å². The first-order valence-corrected chi connectivity index (χ1v) is 3.81. The highest BCUT2D eigenvalue weighted by Gasteiger charge is 2.35. The van der Waals surface area contributed by atoms with E-state index in [0.29, 0.717) is 6.07 Å². The van der Waals surface area contributed by atoms with Crippen molar-refractivity contribution >= 4 is 12.6 Å². The Kier molecular flexibility index (Phi) is 2.71. The molecule has 0 aromatic heterocycles. The van der Waals surface area contributed by atoms with Gasteiger partial charge in [-0.05, 0) is 12.1 Å². The van der Waals surface area contributed by atoms with Crippen molar-refractivity contribution in [3.8, 4) is 6.07 Å². The summed E-state index contributed by atoms with van der Waals surface area (Å²) < 4.78 is 49.6. The molecule has 0 radical (unpaired) electrons. The summed E-state index contributed by atoms with van der Waals surface area (Å²) in [5.74, 6) is -1.24. The molecule has 0 aliphatic heterocycles. The van der Waals surface area contributed by atoms with Crippen molar-refractivity contribution in [1.82, 2.24) is 0 Å². The molecule has 0 saturated carbocycles. The molecule has 0 N–H and O–H groups in total. The lowest BCUT2D eigenvalue weighted by molar-refractivity contribution is -0.138. The van der Waals surface area contributed by atoms with Gasteiger partial charge in [-0.2, -0.15) is 18.4 Å². The molecular weight excluding hydrogens is 218 g/mol. The maximum atomic E-state index is 13.0. The predicted molar refractivity (Wildman–Crippen MR) is 43.4 cm³/mol. The Hall–Kier alpha value is -1.22. The highest BCUT2D eigenvalue weighted by Crippen LogP contribution is 2.34. The molecule has 14 heavy (non-hydrogen) atoms. The van der Waals surface area contributed by atoms with Crippen LogP contribution < -0.4 is 0 Å². The third-order valence-corrected chi connectivity index (χ3v) is 1.88. The minimum absolute atomic E-state index is 0.283. The lowest BCUT2D eigenvalue weighted by Gasteiger charge is -2.09. The fourth-order valence-corrected chi connectivity index (χ4v) is 1.10. The molecule has 0 spiro atoms. The van der Waals surface area contributed by atoms with Crippen molar-refractivity contribution in [3.63, 3.8) is 0 Å². The number of nitriles is 1.